The van der Waals surface area contributed by atoms with Crippen LogP contribution >= 0.6 is 0 Å². The summed E-state index contributed by atoms with van der Waals surface area (Å²) >= 11 is 0. The molecular weight excluding hydrogens is 350 g/mol. The number of nitrogens with zero attached hydrogens (tertiary/aromatic N) is 2. The SMILES string of the molecule is C/C=C(O)\C=C/CC(=O)N1CCC2(CC1)NC1=CC(C)CC=C1n1cccc12. The highest BCUT2D eigenvalue weighted by molar-refractivity contribution is 5.78. The maximum atomic E-state index is 12.5. The van der Waals surface area contributed by atoms with E-state index in [0.717, 1.165) is 32.4 Å². The van der Waals surface area contributed by atoms with Crippen LogP contribution in [0.4, 0.5) is 0 Å². The highest BCUT2D eigenvalue weighted by atomic mass is 16.3. The molecule has 1 aromatic rings. The lowest BCUT2D eigenvalue weighted by atomic mass is 9.81. The first-order chi connectivity index (χ1) is 13.5. The Morgan fingerprint density at radius 1 is 1.39 bits per heavy atom. The zero-order valence-electron chi connectivity index (χ0n) is 16.7. The van der Waals surface area contributed by atoms with Crippen LogP contribution in [0.2, 0.25) is 0 Å². The van der Waals surface area contributed by atoms with Gasteiger partial charge in [-0.1, -0.05) is 25.2 Å². The number of rotatable bonds is 3. The highest BCUT2D eigenvalue weighted by Gasteiger charge is 2.43. The molecule has 5 heteroatoms. The maximum absolute atomic E-state index is 12.5. The van der Waals surface area contributed by atoms with Crippen molar-refractivity contribution in [3.63, 3.8) is 0 Å². The standard InChI is InChI=1S/C23H29N3O2/c1-3-18(27)6-4-8-22(28)25-14-11-23(12-15-25)21-7-5-13-26(21)20-10-9-17(2)16-19(20)24-23/h3-7,10,13,16-17,24,27H,8-9,11-12,14-15H2,1-2H3/b6-4-,18-3+. The summed E-state index contributed by atoms with van der Waals surface area (Å²) in [4.78, 5) is 14.5. The van der Waals surface area contributed by atoms with E-state index in [2.05, 4.69) is 47.3 Å². The van der Waals surface area contributed by atoms with Crippen molar-refractivity contribution in [3.05, 3.63) is 65.9 Å². The van der Waals surface area contributed by atoms with Gasteiger partial charge in [-0.3, -0.25) is 4.79 Å². The second-order valence-electron chi connectivity index (χ2n) is 8.05. The maximum Gasteiger partial charge on any atom is 0.226 e. The molecular formula is C23H29N3O2. The van der Waals surface area contributed by atoms with Crippen LogP contribution in [0.3, 0.4) is 0 Å². The number of nitrogens with one attached hydrogen (secondary N) is 1. The van der Waals surface area contributed by atoms with Gasteiger partial charge in [0.1, 0.15) is 5.76 Å². The lowest BCUT2D eigenvalue weighted by molar-refractivity contribution is -0.132. The Bertz CT molecular complexity index is 879. The van der Waals surface area contributed by atoms with E-state index in [9.17, 15) is 9.90 Å². The fourth-order valence-electron chi connectivity index (χ4n) is 4.51. The van der Waals surface area contributed by atoms with Crippen LogP contribution in [0.1, 0.15) is 45.2 Å². The van der Waals surface area contributed by atoms with Crippen molar-refractivity contribution in [1.29, 1.82) is 0 Å². The fourth-order valence-corrected chi connectivity index (χ4v) is 4.51. The number of fused-ring (bicyclic) bond motifs is 4. The van der Waals surface area contributed by atoms with E-state index in [4.69, 9.17) is 0 Å². The van der Waals surface area contributed by atoms with Gasteiger partial charge in [0, 0.05) is 31.4 Å². The lowest BCUT2D eigenvalue weighted by Gasteiger charge is -2.48. The van der Waals surface area contributed by atoms with E-state index in [1.165, 1.54) is 17.1 Å². The Hall–Kier alpha value is -2.69. The smallest absolute Gasteiger partial charge is 0.226 e. The van der Waals surface area contributed by atoms with Crippen molar-refractivity contribution in [2.45, 2.75) is 45.1 Å². The summed E-state index contributed by atoms with van der Waals surface area (Å²) < 4.78 is 2.33. The van der Waals surface area contributed by atoms with Crippen LogP contribution in [-0.2, 0) is 10.3 Å². The normalized spacial score (nSPS) is 23.7. The minimum Gasteiger partial charge on any atom is -0.508 e. The van der Waals surface area contributed by atoms with Gasteiger partial charge in [-0.15, -0.1) is 0 Å². The minimum absolute atomic E-state index is 0.112. The van der Waals surface area contributed by atoms with Crippen molar-refractivity contribution in [2.75, 3.05) is 13.1 Å². The molecule has 0 saturated carbocycles. The summed E-state index contributed by atoms with van der Waals surface area (Å²) in [7, 11) is 0. The molecule has 1 aliphatic carbocycles. The van der Waals surface area contributed by atoms with Crippen molar-refractivity contribution >= 4 is 11.6 Å². The van der Waals surface area contributed by atoms with Crippen LogP contribution in [-0.4, -0.2) is 33.6 Å². The molecule has 0 aromatic carbocycles. The molecule has 0 bridgehead atoms. The Kier molecular flexibility index (Phi) is 4.92. The van der Waals surface area contributed by atoms with Gasteiger partial charge in [0.25, 0.3) is 0 Å². The van der Waals surface area contributed by atoms with Gasteiger partial charge in [-0.2, -0.15) is 0 Å². The van der Waals surface area contributed by atoms with E-state index in [1.54, 1.807) is 25.2 Å². The molecule has 3 heterocycles. The molecule has 0 radical (unpaired) electrons. The molecule has 1 saturated heterocycles. The molecule has 4 rings (SSSR count). The number of aromatic nitrogens is 1. The van der Waals surface area contributed by atoms with Gasteiger partial charge < -0.3 is 19.9 Å². The third kappa shape index (κ3) is 3.30. The number of amides is 1. The van der Waals surface area contributed by atoms with E-state index >= 15 is 0 Å². The van der Waals surface area contributed by atoms with Crippen LogP contribution in [0.15, 0.2) is 60.2 Å². The zero-order valence-corrected chi connectivity index (χ0v) is 16.7. The monoisotopic (exact) mass is 379 g/mol. The summed E-state index contributed by atoms with van der Waals surface area (Å²) in [5, 5.41) is 13.3. The van der Waals surface area contributed by atoms with Crippen LogP contribution in [0.5, 0.6) is 0 Å². The Morgan fingerprint density at radius 2 is 2.18 bits per heavy atom. The third-order valence-electron chi connectivity index (χ3n) is 6.13. The van der Waals surface area contributed by atoms with E-state index in [-0.39, 0.29) is 17.2 Å². The molecule has 3 aliphatic rings. The van der Waals surface area contributed by atoms with Crippen LogP contribution < -0.4 is 5.32 Å². The molecule has 5 nitrogen and oxygen atoms in total. The number of hydrogen-bond donors (Lipinski definition) is 2. The first kappa shape index (κ1) is 18.7. The number of allylic oxidation sites excluding steroid dienone is 5. The molecule has 148 valence electrons. The van der Waals surface area contributed by atoms with E-state index in [0.29, 0.717) is 12.3 Å². The quantitative estimate of drug-likeness (QED) is 0.615. The van der Waals surface area contributed by atoms with Crippen LogP contribution in [0.25, 0.3) is 5.70 Å². The average molecular weight is 380 g/mol. The van der Waals surface area contributed by atoms with Crippen molar-refractivity contribution in [3.8, 4) is 0 Å². The molecule has 2 aliphatic heterocycles. The van der Waals surface area contributed by atoms with Crippen molar-refractivity contribution in [1.82, 2.24) is 14.8 Å². The minimum atomic E-state index is -0.112. The van der Waals surface area contributed by atoms with Gasteiger partial charge in [0.05, 0.1) is 16.9 Å². The highest BCUT2D eigenvalue weighted by Crippen LogP contribution is 2.42. The fraction of sp³-hybridized carbons (Fsp3) is 0.435. The van der Waals surface area contributed by atoms with Gasteiger partial charge in [-0.25, -0.2) is 0 Å². The topological polar surface area (TPSA) is 57.5 Å². The predicted octanol–water partition coefficient (Wildman–Crippen LogP) is 4.08. The first-order valence-corrected chi connectivity index (χ1v) is 10.2. The first-order valence-electron chi connectivity index (χ1n) is 10.2. The molecule has 1 aromatic heterocycles. The summed E-state index contributed by atoms with van der Waals surface area (Å²) in [6, 6.07) is 4.33. The third-order valence-corrected chi connectivity index (χ3v) is 6.13. The summed E-state index contributed by atoms with van der Waals surface area (Å²) in [5.74, 6) is 0.853. The van der Waals surface area contributed by atoms with Gasteiger partial charge in [-0.05, 0) is 56.4 Å². The van der Waals surface area contributed by atoms with Crippen molar-refractivity contribution < 1.29 is 9.90 Å². The lowest BCUT2D eigenvalue weighted by Crippen LogP contribution is -2.55. The van der Waals surface area contributed by atoms with Gasteiger partial charge in [0.15, 0.2) is 0 Å². The predicted molar refractivity (Wildman–Crippen MR) is 111 cm³/mol. The molecule has 1 fully saturated rings. The molecule has 1 atom stereocenters. The summed E-state index contributed by atoms with van der Waals surface area (Å²) in [5.41, 5.74) is 3.68. The molecule has 2 N–H and O–H groups in total. The van der Waals surface area contributed by atoms with Gasteiger partial charge in [0.2, 0.25) is 5.91 Å². The van der Waals surface area contributed by atoms with E-state index < -0.39 is 0 Å². The Morgan fingerprint density at radius 3 is 2.93 bits per heavy atom. The second-order valence-corrected chi connectivity index (χ2v) is 8.05. The Labute approximate surface area is 166 Å². The number of aliphatic hydroxyl groups excluding tert-OH is 1. The Balaban J connectivity index is 1.49. The molecule has 1 amide bonds. The number of piperidine rings is 1. The second kappa shape index (κ2) is 7.38. The summed E-state index contributed by atoms with van der Waals surface area (Å²) in [6.07, 6.45) is 14.9. The molecule has 1 spiro atoms. The summed E-state index contributed by atoms with van der Waals surface area (Å²) in [6.45, 7) is 5.49. The molecule has 1 unspecified atom stereocenters. The van der Waals surface area contributed by atoms with Gasteiger partial charge >= 0.3 is 0 Å². The number of carbonyl (C=O) groups excluding carboxylic acids is 1. The average Bonchev–Trinajstić information content (AvgIpc) is 3.19. The number of carbonyl (C=O) groups is 1. The zero-order chi connectivity index (χ0) is 19.7. The van der Waals surface area contributed by atoms with Crippen LogP contribution in [0, 0.1) is 5.92 Å². The van der Waals surface area contributed by atoms with Crippen molar-refractivity contribution in [2.24, 2.45) is 5.92 Å². The number of hydrogen-bond acceptors (Lipinski definition) is 3. The molecule has 28 heavy (non-hydrogen) atoms. The number of likely N-dealkylation sites (tertiary alicyclic amines) is 1. The number of aliphatic hydroxyl groups is 1. The largest absolute Gasteiger partial charge is 0.508 e. The van der Waals surface area contributed by atoms with E-state index in [1.807, 2.05) is 4.90 Å².